The Morgan fingerprint density at radius 3 is 2.46 bits per heavy atom. The third-order valence-electron chi connectivity index (χ3n) is 3.60. The molecule has 0 aliphatic heterocycles. The zero-order valence-corrected chi connectivity index (χ0v) is 13.4. The van der Waals surface area contributed by atoms with Crippen LogP contribution >= 0.6 is 0 Å². The van der Waals surface area contributed by atoms with Crippen LogP contribution in [0.25, 0.3) is 0 Å². The van der Waals surface area contributed by atoms with Crippen molar-refractivity contribution < 1.29 is 18.0 Å². The minimum absolute atomic E-state index is 0.127. The Morgan fingerprint density at radius 2 is 1.92 bits per heavy atom. The van der Waals surface area contributed by atoms with Gasteiger partial charge in [-0.2, -0.15) is 13.2 Å². The van der Waals surface area contributed by atoms with Crippen LogP contribution in [-0.2, 0) is 6.18 Å². The highest BCUT2D eigenvalue weighted by atomic mass is 19.4. The van der Waals surface area contributed by atoms with E-state index in [1.165, 1.54) is 18.5 Å². The summed E-state index contributed by atoms with van der Waals surface area (Å²) >= 11 is 0. The van der Waals surface area contributed by atoms with Crippen molar-refractivity contribution in [3.05, 3.63) is 53.9 Å². The van der Waals surface area contributed by atoms with E-state index in [4.69, 9.17) is 0 Å². The first-order valence-corrected chi connectivity index (χ1v) is 7.54. The number of rotatable bonds is 5. The molecule has 0 aliphatic carbocycles. The average molecular weight is 337 g/mol. The highest BCUT2D eigenvalue weighted by molar-refractivity contribution is 6.05. The number of nitrogens with zero attached hydrogens (tertiary/aromatic N) is 2. The Morgan fingerprint density at radius 1 is 1.21 bits per heavy atom. The fraction of sp³-hybridized carbons (Fsp3) is 0.294. The topological polar surface area (TPSA) is 45.2 Å². The Balaban J connectivity index is 2.42. The normalized spacial score (nSPS) is 11.2. The van der Waals surface area contributed by atoms with Gasteiger partial charge in [0.1, 0.15) is 0 Å². The molecule has 0 saturated carbocycles. The summed E-state index contributed by atoms with van der Waals surface area (Å²) in [4.78, 5) is 18.0. The van der Waals surface area contributed by atoms with Crippen LogP contribution in [0.15, 0.2) is 42.7 Å². The van der Waals surface area contributed by atoms with Gasteiger partial charge < -0.3 is 10.2 Å². The summed E-state index contributed by atoms with van der Waals surface area (Å²) in [6.45, 7) is 5.01. The second kappa shape index (κ2) is 7.33. The maximum absolute atomic E-state index is 13.0. The average Bonchev–Trinajstić information content (AvgIpc) is 2.57. The van der Waals surface area contributed by atoms with Gasteiger partial charge in [-0.05, 0) is 44.2 Å². The predicted octanol–water partition coefficient (Wildman–Crippen LogP) is 4.20. The monoisotopic (exact) mass is 337 g/mol. The summed E-state index contributed by atoms with van der Waals surface area (Å²) in [6, 6.07) is 6.50. The SMILES string of the molecule is CCN(CC)c1ccc(C(F)(F)F)cc1NC(=O)c1cccnc1. The molecular weight excluding hydrogens is 319 g/mol. The maximum Gasteiger partial charge on any atom is 0.416 e. The lowest BCUT2D eigenvalue weighted by atomic mass is 10.1. The van der Waals surface area contributed by atoms with E-state index >= 15 is 0 Å². The molecule has 1 aromatic carbocycles. The van der Waals surface area contributed by atoms with Gasteiger partial charge in [0.2, 0.25) is 0 Å². The minimum atomic E-state index is -4.48. The van der Waals surface area contributed by atoms with E-state index in [-0.39, 0.29) is 11.3 Å². The molecule has 4 nitrogen and oxygen atoms in total. The van der Waals surface area contributed by atoms with Gasteiger partial charge in [0, 0.05) is 25.5 Å². The van der Waals surface area contributed by atoms with Crippen molar-refractivity contribution in [2.24, 2.45) is 0 Å². The minimum Gasteiger partial charge on any atom is -0.370 e. The number of carbonyl (C=O) groups is 1. The van der Waals surface area contributed by atoms with E-state index in [0.717, 1.165) is 12.1 Å². The molecule has 0 radical (unpaired) electrons. The quantitative estimate of drug-likeness (QED) is 0.889. The van der Waals surface area contributed by atoms with Crippen molar-refractivity contribution in [1.29, 1.82) is 0 Å². The zero-order chi connectivity index (χ0) is 17.7. The smallest absolute Gasteiger partial charge is 0.370 e. The Kier molecular flexibility index (Phi) is 5.43. The van der Waals surface area contributed by atoms with E-state index in [9.17, 15) is 18.0 Å². The van der Waals surface area contributed by atoms with Crippen LogP contribution in [0.1, 0.15) is 29.8 Å². The van der Waals surface area contributed by atoms with Gasteiger partial charge in [-0.1, -0.05) is 0 Å². The fourth-order valence-electron chi connectivity index (χ4n) is 2.34. The van der Waals surface area contributed by atoms with Crippen molar-refractivity contribution in [2.75, 3.05) is 23.3 Å². The van der Waals surface area contributed by atoms with Crippen molar-refractivity contribution >= 4 is 17.3 Å². The molecule has 0 unspecified atom stereocenters. The zero-order valence-electron chi connectivity index (χ0n) is 13.4. The standard InChI is InChI=1S/C17H18F3N3O/c1-3-23(4-2)15-8-7-13(17(18,19)20)10-14(15)22-16(24)12-6-5-9-21-11-12/h5-11H,3-4H2,1-2H3,(H,22,24). The number of halogens is 3. The number of amides is 1. The third-order valence-corrected chi connectivity index (χ3v) is 3.60. The molecule has 0 spiro atoms. The number of nitrogens with one attached hydrogen (secondary N) is 1. The maximum atomic E-state index is 13.0. The first-order chi connectivity index (χ1) is 11.4. The number of hydrogen-bond donors (Lipinski definition) is 1. The number of carbonyl (C=O) groups excluding carboxylic acids is 1. The molecule has 128 valence electrons. The van der Waals surface area contributed by atoms with Crippen LogP contribution in [0.5, 0.6) is 0 Å². The third kappa shape index (κ3) is 4.04. The number of alkyl halides is 3. The second-order valence-electron chi connectivity index (χ2n) is 5.10. The summed E-state index contributed by atoms with van der Waals surface area (Å²) in [5.74, 6) is -0.504. The lowest BCUT2D eigenvalue weighted by Gasteiger charge is -2.25. The van der Waals surface area contributed by atoms with Crippen molar-refractivity contribution in [3.8, 4) is 0 Å². The summed E-state index contributed by atoms with van der Waals surface area (Å²) in [5.41, 5.74) is 0.146. The van der Waals surface area contributed by atoms with Gasteiger partial charge in [0.15, 0.2) is 0 Å². The summed E-state index contributed by atoms with van der Waals surface area (Å²) in [6.07, 6.45) is -1.60. The van der Waals surface area contributed by atoms with Crippen molar-refractivity contribution in [2.45, 2.75) is 20.0 Å². The van der Waals surface area contributed by atoms with Gasteiger partial charge in [-0.15, -0.1) is 0 Å². The Hall–Kier alpha value is -2.57. The second-order valence-corrected chi connectivity index (χ2v) is 5.10. The number of benzene rings is 1. The first-order valence-electron chi connectivity index (χ1n) is 7.54. The molecule has 2 aromatic rings. The summed E-state index contributed by atoms with van der Waals surface area (Å²) in [5, 5.41) is 2.57. The molecule has 1 aromatic heterocycles. The summed E-state index contributed by atoms with van der Waals surface area (Å²) in [7, 11) is 0. The van der Waals surface area contributed by atoms with Crippen LogP contribution < -0.4 is 10.2 Å². The molecule has 0 atom stereocenters. The first kappa shape index (κ1) is 17.8. The van der Waals surface area contributed by atoms with Gasteiger partial charge >= 0.3 is 6.18 Å². The van der Waals surface area contributed by atoms with E-state index in [1.54, 1.807) is 12.1 Å². The van der Waals surface area contributed by atoms with E-state index in [1.807, 2.05) is 18.7 Å². The Bertz CT molecular complexity index is 698. The van der Waals surface area contributed by atoms with Crippen LogP contribution in [0.2, 0.25) is 0 Å². The number of pyridine rings is 1. The Labute approximate surface area is 138 Å². The highest BCUT2D eigenvalue weighted by Crippen LogP contribution is 2.35. The van der Waals surface area contributed by atoms with Gasteiger partial charge in [0.05, 0.1) is 22.5 Å². The van der Waals surface area contributed by atoms with Crippen LogP contribution in [0, 0.1) is 0 Å². The van der Waals surface area contributed by atoms with Gasteiger partial charge in [-0.25, -0.2) is 0 Å². The van der Waals surface area contributed by atoms with Gasteiger partial charge in [-0.3, -0.25) is 9.78 Å². The summed E-state index contributed by atoms with van der Waals surface area (Å²) < 4.78 is 39.0. The lowest BCUT2D eigenvalue weighted by Crippen LogP contribution is -2.24. The predicted molar refractivity (Wildman–Crippen MR) is 87.2 cm³/mol. The van der Waals surface area contributed by atoms with E-state index in [2.05, 4.69) is 10.3 Å². The molecule has 0 fully saturated rings. The van der Waals surface area contributed by atoms with E-state index in [0.29, 0.717) is 18.8 Å². The molecule has 1 amide bonds. The molecule has 0 bridgehead atoms. The molecule has 0 saturated heterocycles. The van der Waals surface area contributed by atoms with Crippen molar-refractivity contribution in [1.82, 2.24) is 4.98 Å². The molecule has 24 heavy (non-hydrogen) atoms. The van der Waals surface area contributed by atoms with Gasteiger partial charge in [0.25, 0.3) is 5.91 Å². The number of anilines is 2. The molecule has 0 aliphatic rings. The fourth-order valence-corrected chi connectivity index (χ4v) is 2.34. The molecule has 7 heteroatoms. The van der Waals surface area contributed by atoms with Crippen LogP contribution in [-0.4, -0.2) is 24.0 Å². The number of aromatic nitrogens is 1. The number of hydrogen-bond acceptors (Lipinski definition) is 3. The largest absolute Gasteiger partial charge is 0.416 e. The molecule has 1 heterocycles. The van der Waals surface area contributed by atoms with Crippen molar-refractivity contribution in [3.63, 3.8) is 0 Å². The molecule has 2 rings (SSSR count). The van der Waals surface area contributed by atoms with E-state index < -0.39 is 17.6 Å². The van der Waals surface area contributed by atoms with Crippen LogP contribution in [0.3, 0.4) is 0 Å². The van der Waals surface area contributed by atoms with Crippen LogP contribution in [0.4, 0.5) is 24.5 Å². The lowest BCUT2D eigenvalue weighted by molar-refractivity contribution is -0.137. The molecular formula is C17H18F3N3O. The highest BCUT2D eigenvalue weighted by Gasteiger charge is 2.31. The molecule has 1 N–H and O–H groups in total.